The molecule has 0 spiro atoms. The summed E-state index contributed by atoms with van der Waals surface area (Å²) in [7, 11) is 0. The van der Waals surface area contributed by atoms with Crippen molar-refractivity contribution >= 4 is 12.0 Å². The van der Waals surface area contributed by atoms with Gasteiger partial charge in [-0.15, -0.1) is 0 Å². The highest BCUT2D eigenvalue weighted by Crippen LogP contribution is 2.40. The first-order valence-corrected chi connectivity index (χ1v) is 16.1. The number of amides is 2. The number of hydrogen-bond acceptors (Lipinski definition) is 11. The van der Waals surface area contributed by atoms with Gasteiger partial charge in [0.05, 0.1) is 39.0 Å². The van der Waals surface area contributed by atoms with Crippen LogP contribution in [0.25, 0.3) is 0 Å². The number of nitrogens with zero attached hydrogens (tertiary/aromatic N) is 2. The second kappa shape index (κ2) is 16.7. The summed E-state index contributed by atoms with van der Waals surface area (Å²) in [6.07, 6.45) is -9.47. The van der Waals surface area contributed by atoms with E-state index in [2.05, 4.69) is 10.1 Å². The van der Waals surface area contributed by atoms with Gasteiger partial charge in [0.1, 0.15) is 29.9 Å². The molecule has 48 heavy (non-hydrogen) atoms. The van der Waals surface area contributed by atoms with E-state index in [-0.39, 0.29) is 36.3 Å². The Morgan fingerprint density at radius 3 is 2.27 bits per heavy atom. The number of carbonyl (C=O) groups is 2. The lowest BCUT2D eigenvalue weighted by atomic mass is 9.92. The van der Waals surface area contributed by atoms with E-state index in [9.17, 15) is 47.6 Å². The van der Waals surface area contributed by atoms with E-state index in [1.165, 1.54) is 17.0 Å². The Balaban J connectivity index is 1.07. The van der Waals surface area contributed by atoms with Gasteiger partial charge in [0.2, 0.25) is 5.91 Å². The minimum absolute atomic E-state index is 0.0774. The maximum absolute atomic E-state index is 14.7. The molecule has 1 aromatic carbocycles. The highest BCUT2D eigenvalue weighted by Gasteiger charge is 2.64. The first kappa shape index (κ1) is 38.0. The van der Waals surface area contributed by atoms with Crippen LogP contribution < -0.4 is 10.1 Å². The second-order valence-corrected chi connectivity index (χ2v) is 12.8. The van der Waals surface area contributed by atoms with Crippen LogP contribution in [-0.4, -0.2) is 149 Å². The molecule has 3 aliphatic rings. The van der Waals surface area contributed by atoms with Gasteiger partial charge in [0.15, 0.2) is 0 Å². The standard InChI is InChI=1S/C31H45F4N3O10/c32-23-11-22(47-9-1-2-19-5-7-37(8-6-19)29(45)48-30(17-46-18-30)31(33,34)35)4-3-21(23)10-26(42)38-14-20(15-38)12-36-13-24(40)27(43)28(44)25(41)16-39/h3-4,11,19-20,24-25,27-28,36,39-41,43-44H,1-2,5-10,12-18H2. The number of aliphatic hydroxyl groups is 5. The molecule has 3 saturated heterocycles. The van der Waals surface area contributed by atoms with Crippen LogP contribution in [0, 0.1) is 17.7 Å². The van der Waals surface area contributed by atoms with Crippen LogP contribution >= 0.6 is 0 Å². The average Bonchev–Trinajstić information content (AvgIpc) is 3.01. The van der Waals surface area contributed by atoms with Crippen molar-refractivity contribution in [3.05, 3.63) is 29.6 Å². The zero-order valence-corrected chi connectivity index (χ0v) is 26.5. The van der Waals surface area contributed by atoms with Gasteiger partial charge in [-0.2, -0.15) is 13.2 Å². The largest absolute Gasteiger partial charge is 0.493 e. The second-order valence-electron chi connectivity index (χ2n) is 12.8. The maximum atomic E-state index is 14.7. The molecular formula is C31H45F4N3O10. The lowest BCUT2D eigenvalue weighted by Gasteiger charge is -2.43. The number of halogens is 4. The van der Waals surface area contributed by atoms with Crippen LogP contribution in [0.15, 0.2) is 18.2 Å². The van der Waals surface area contributed by atoms with Crippen molar-refractivity contribution in [3.63, 3.8) is 0 Å². The predicted octanol–water partition coefficient (Wildman–Crippen LogP) is 0.191. The summed E-state index contributed by atoms with van der Waals surface area (Å²) >= 11 is 0. The Kier molecular flexibility index (Phi) is 13.3. The van der Waals surface area contributed by atoms with Crippen LogP contribution in [0.5, 0.6) is 5.75 Å². The highest BCUT2D eigenvalue weighted by molar-refractivity contribution is 5.79. The molecule has 4 rings (SSSR count). The zero-order valence-electron chi connectivity index (χ0n) is 26.5. The molecule has 3 heterocycles. The van der Waals surface area contributed by atoms with Gasteiger partial charge in [-0.3, -0.25) is 4.79 Å². The Morgan fingerprint density at radius 1 is 1.02 bits per heavy atom. The van der Waals surface area contributed by atoms with Crippen LogP contribution in [-0.2, 0) is 20.7 Å². The molecule has 13 nitrogen and oxygen atoms in total. The van der Waals surface area contributed by atoms with Crippen LogP contribution in [0.2, 0.25) is 0 Å². The van der Waals surface area contributed by atoms with Crippen molar-refractivity contribution < 1.29 is 66.9 Å². The van der Waals surface area contributed by atoms with E-state index >= 15 is 0 Å². The zero-order chi connectivity index (χ0) is 35.1. The molecular weight excluding hydrogens is 650 g/mol. The number of carbonyl (C=O) groups excluding carboxylic acids is 2. The number of aliphatic hydroxyl groups excluding tert-OH is 5. The van der Waals surface area contributed by atoms with Gasteiger partial charge in [-0.25, -0.2) is 9.18 Å². The number of benzene rings is 1. The van der Waals surface area contributed by atoms with Crippen LogP contribution in [0.4, 0.5) is 22.4 Å². The Bertz CT molecular complexity index is 1210. The van der Waals surface area contributed by atoms with Crippen LogP contribution in [0.1, 0.15) is 31.2 Å². The third-order valence-corrected chi connectivity index (χ3v) is 9.16. The lowest BCUT2D eigenvalue weighted by Crippen LogP contribution is -2.64. The molecule has 1 aromatic rings. The highest BCUT2D eigenvalue weighted by atomic mass is 19.4. The SMILES string of the molecule is O=C(Cc1ccc(OCCCC2CCN(C(=O)OC3(C(F)(F)F)COC3)CC2)cc1F)N1CC(CNCC(O)C(O)C(O)C(O)CO)C1. The Hall–Kier alpha value is -2.80. The Labute approximate surface area is 275 Å². The molecule has 3 fully saturated rings. The summed E-state index contributed by atoms with van der Waals surface area (Å²) in [4.78, 5) is 27.8. The van der Waals surface area contributed by atoms with Gasteiger partial charge >= 0.3 is 12.3 Å². The Morgan fingerprint density at radius 2 is 1.69 bits per heavy atom. The first-order valence-electron chi connectivity index (χ1n) is 16.1. The topological polar surface area (TPSA) is 181 Å². The number of hydrogen-bond donors (Lipinski definition) is 6. The fourth-order valence-electron chi connectivity index (χ4n) is 5.82. The molecule has 0 aromatic heterocycles. The predicted molar refractivity (Wildman–Crippen MR) is 159 cm³/mol. The fraction of sp³-hybridized carbons (Fsp3) is 0.742. The molecule has 4 unspecified atom stereocenters. The quantitative estimate of drug-likeness (QED) is 0.103. The summed E-state index contributed by atoms with van der Waals surface area (Å²) in [6, 6.07) is 4.33. The summed E-state index contributed by atoms with van der Waals surface area (Å²) in [5.74, 6) is -0.156. The van der Waals surface area contributed by atoms with Crippen molar-refractivity contribution in [1.82, 2.24) is 15.1 Å². The number of nitrogens with one attached hydrogen (secondary N) is 1. The molecule has 0 saturated carbocycles. The summed E-state index contributed by atoms with van der Waals surface area (Å²) < 4.78 is 69.6. The van der Waals surface area contributed by atoms with Gasteiger partial charge in [0.25, 0.3) is 5.60 Å². The third kappa shape index (κ3) is 9.67. The van der Waals surface area contributed by atoms with Gasteiger partial charge < -0.3 is 54.9 Å². The molecule has 0 aliphatic carbocycles. The minimum Gasteiger partial charge on any atom is -0.493 e. The van der Waals surface area contributed by atoms with Crippen LogP contribution in [0.3, 0.4) is 0 Å². The van der Waals surface area contributed by atoms with Crippen molar-refractivity contribution in [1.29, 1.82) is 0 Å². The molecule has 2 amide bonds. The van der Waals surface area contributed by atoms with E-state index < -0.39 is 67.9 Å². The third-order valence-electron chi connectivity index (χ3n) is 9.16. The number of rotatable bonds is 16. The van der Waals surface area contributed by atoms with Crippen molar-refractivity contribution in [3.8, 4) is 5.75 Å². The fourth-order valence-corrected chi connectivity index (χ4v) is 5.82. The molecule has 17 heteroatoms. The summed E-state index contributed by atoms with van der Waals surface area (Å²) in [5, 5.41) is 50.6. The number of ether oxygens (including phenoxy) is 3. The molecule has 4 atom stereocenters. The van der Waals surface area contributed by atoms with E-state index in [1.54, 1.807) is 11.0 Å². The normalized spacial score (nSPS) is 21.1. The van der Waals surface area contributed by atoms with Crippen molar-refractivity contribution in [2.75, 3.05) is 65.7 Å². The van der Waals surface area contributed by atoms with Gasteiger partial charge in [-0.05, 0) is 43.2 Å². The van der Waals surface area contributed by atoms with E-state index in [0.717, 1.165) is 6.42 Å². The van der Waals surface area contributed by atoms with Crippen molar-refractivity contribution in [2.24, 2.45) is 11.8 Å². The van der Waals surface area contributed by atoms with Gasteiger partial charge in [-0.1, -0.05) is 6.07 Å². The first-order chi connectivity index (χ1) is 22.7. The van der Waals surface area contributed by atoms with E-state index in [0.29, 0.717) is 64.3 Å². The molecule has 0 radical (unpaired) electrons. The molecule has 3 aliphatic heterocycles. The number of likely N-dealkylation sites (tertiary alicyclic amines) is 2. The summed E-state index contributed by atoms with van der Waals surface area (Å²) in [5.41, 5.74) is -2.34. The average molecular weight is 696 g/mol. The monoisotopic (exact) mass is 695 g/mol. The molecule has 272 valence electrons. The van der Waals surface area contributed by atoms with E-state index in [4.69, 9.17) is 14.6 Å². The summed E-state index contributed by atoms with van der Waals surface area (Å²) in [6.45, 7) is -0.0561. The number of piperidine rings is 1. The maximum Gasteiger partial charge on any atom is 0.433 e. The number of alkyl halides is 3. The van der Waals surface area contributed by atoms with Crippen molar-refractivity contribution in [2.45, 2.75) is 68.3 Å². The molecule has 6 N–H and O–H groups in total. The van der Waals surface area contributed by atoms with Gasteiger partial charge in [0, 0.05) is 51.3 Å². The molecule has 0 bridgehead atoms. The minimum atomic E-state index is -4.69. The smallest absolute Gasteiger partial charge is 0.433 e. The lowest BCUT2D eigenvalue weighted by molar-refractivity contribution is -0.333. The van der Waals surface area contributed by atoms with E-state index in [1.807, 2.05) is 0 Å².